The van der Waals surface area contributed by atoms with E-state index in [2.05, 4.69) is 39.7 Å². The lowest BCUT2D eigenvalue weighted by atomic mass is 10.1. The van der Waals surface area contributed by atoms with Crippen molar-refractivity contribution in [1.82, 2.24) is 15.6 Å². The third-order valence-corrected chi connectivity index (χ3v) is 3.98. The smallest absolute Gasteiger partial charge is 0.213 e. The number of benzene rings is 1. The first kappa shape index (κ1) is 20.7. The number of methoxy groups -OCH3 is 1. The maximum atomic E-state index is 5.90. The van der Waals surface area contributed by atoms with Crippen molar-refractivity contribution < 1.29 is 9.47 Å². The van der Waals surface area contributed by atoms with Crippen molar-refractivity contribution in [3.8, 4) is 5.88 Å². The van der Waals surface area contributed by atoms with E-state index in [4.69, 9.17) is 9.47 Å². The van der Waals surface area contributed by atoms with Crippen LogP contribution in [-0.2, 0) is 11.3 Å². The molecule has 2 aromatic rings. The van der Waals surface area contributed by atoms with Crippen LogP contribution in [0.4, 0.5) is 0 Å². The zero-order chi connectivity index (χ0) is 19.3. The molecule has 1 aromatic heterocycles. The Bertz CT molecular complexity index is 692. The maximum Gasteiger partial charge on any atom is 0.213 e. The van der Waals surface area contributed by atoms with Crippen LogP contribution in [0.5, 0.6) is 5.88 Å². The monoisotopic (exact) mass is 370 g/mol. The Kier molecular flexibility index (Phi) is 9.13. The maximum absolute atomic E-state index is 5.90. The Balaban J connectivity index is 1.73. The highest BCUT2D eigenvalue weighted by Crippen LogP contribution is 2.15. The zero-order valence-electron chi connectivity index (χ0n) is 16.4. The van der Waals surface area contributed by atoms with E-state index in [0.29, 0.717) is 19.0 Å². The average Bonchev–Trinajstić information content (AvgIpc) is 2.72. The molecular weight excluding hydrogens is 340 g/mol. The summed E-state index contributed by atoms with van der Waals surface area (Å²) in [4.78, 5) is 8.95. The summed E-state index contributed by atoms with van der Waals surface area (Å²) in [7, 11) is 1.61. The number of guanidine groups is 1. The number of ether oxygens (including phenoxy) is 2. The van der Waals surface area contributed by atoms with Gasteiger partial charge in [0.25, 0.3) is 0 Å². The molecule has 1 unspecified atom stereocenters. The quantitative estimate of drug-likeness (QED) is 0.381. The number of hydrogen-bond acceptors (Lipinski definition) is 4. The average molecular weight is 370 g/mol. The molecule has 0 bridgehead atoms. The largest absolute Gasteiger partial charge is 0.481 e. The third kappa shape index (κ3) is 7.66. The summed E-state index contributed by atoms with van der Waals surface area (Å²) in [5.41, 5.74) is 2.07. The lowest BCUT2D eigenvalue weighted by Gasteiger charge is -2.14. The fourth-order valence-corrected chi connectivity index (χ4v) is 2.52. The molecule has 6 nitrogen and oxygen atoms in total. The number of nitrogens with zero attached hydrogens (tertiary/aromatic N) is 2. The summed E-state index contributed by atoms with van der Waals surface area (Å²) >= 11 is 0. The molecule has 0 radical (unpaired) electrons. The van der Waals surface area contributed by atoms with Crippen LogP contribution in [-0.4, -0.2) is 37.7 Å². The van der Waals surface area contributed by atoms with Crippen molar-refractivity contribution >= 4 is 5.96 Å². The normalized spacial score (nSPS) is 12.5. The van der Waals surface area contributed by atoms with Crippen LogP contribution in [0.15, 0.2) is 53.5 Å². The lowest BCUT2D eigenvalue weighted by molar-refractivity contribution is 0.0646. The predicted molar refractivity (Wildman–Crippen MR) is 109 cm³/mol. The second-order valence-electron chi connectivity index (χ2n) is 6.07. The summed E-state index contributed by atoms with van der Waals surface area (Å²) < 4.78 is 11.0. The molecule has 27 heavy (non-hydrogen) atoms. The van der Waals surface area contributed by atoms with E-state index in [1.54, 1.807) is 7.11 Å². The first-order chi connectivity index (χ1) is 13.2. The second kappa shape index (κ2) is 11.9. The standard InChI is InChI=1S/C21H30N4O2/c1-4-22-21(24-16-19-12-8-13-20(25-19)26-3)23-14-9-15-27-17(2)18-10-6-5-7-11-18/h5-8,10-13,17H,4,9,14-16H2,1-3H3,(H2,22,23,24). The molecule has 0 aliphatic heterocycles. The van der Waals surface area contributed by atoms with Crippen LogP contribution in [0.2, 0.25) is 0 Å². The Hall–Kier alpha value is -2.60. The molecule has 6 heteroatoms. The van der Waals surface area contributed by atoms with E-state index < -0.39 is 0 Å². The van der Waals surface area contributed by atoms with E-state index in [-0.39, 0.29) is 6.10 Å². The number of pyridine rings is 1. The molecule has 0 saturated heterocycles. The van der Waals surface area contributed by atoms with Crippen molar-refractivity contribution in [3.63, 3.8) is 0 Å². The van der Waals surface area contributed by atoms with Crippen LogP contribution < -0.4 is 15.4 Å². The van der Waals surface area contributed by atoms with Gasteiger partial charge in [-0.2, -0.15) is 0 Å². The van der Waals surface area contributed by atoms with Crippen molar-refractivity contribution in [3.05, 3.63) is 59.8 Å². The van der Waals surface area contributed by atoms with Gasteiger partial charge in [0.05, 0.1) is 25.5 Å². The Morgan fingerprint density at radius 1 is 1.11 bits per heavy atom. The second-order valence-corrected chi connectivity index (χ2v) is 6.07. The molecule has 146 valence electrons. The van der Waals surface area contributed by atoms with Crippen molar-refractivity contribution in [2.75, 3.05) is 26.8 Å². The Morgan fingerprint density at radius 3 is 2.67 bits per heavy atom. The summed E-state index contributed by atoms with van der Waals surface area (Å²) in [6.07, 6.45) is 1.01. The van der Waals surface area contributed by atoms with Gasteiger partial charge >= 0.3 is 0 Å². The molecule has 0 amide bonds. The molecule has 0 spiro atoms. The minimum atomic E-state index is 0.104. The number of hydrogen-bond donors (Lipinski definition) is 2. The Labute approximate surface area is 162 Å². The zero-order valence-corrected chi connectivity index (χ0v) is 16.4. The van der Waals surface area contributed by atoms with Crippen LogP contribution in [0.1, 0.15) is 37.6 Å². The molecule has 0 fully saturated rings. The van der Waals surface area contributed by atoms with Gasteiger partial charge in [0, 0.05) is 25.8 Å². The molecule has 1 heterocycles. The van der Waals surface area contributed by atoms with Gasteiger partial charge in [0.15, 0.2) is 5.96 Å². The van der Waals surface area contributed by atoms with Gasteiger partial charge in [-0.05, 0) is 31.9 Å². The van der Waals surface area contributed by atoms with Gasteiger partial charge in [0.1, 0.15) is 0 Å². The van der Waals surface area contributed by atoms with Crippen molar-refractivity contribution in [2.24, 2.45) is 4.99 Å². The van der Waals surface area contributed by atoms with Gasteiger partial charge in [-0.3, -0.25) is 0 Å². The molecule has 2 N–H and O–H groups in total. The highest BCUT2D eigenvalue weighted by molar-refractivity contribution is 5.79. The predicted octanol–water partition coefficient (Wildman–Crippen LogP) is 3.31. The SMILES string of the molecule is CCNC(=NCc1cccc(OC)n1)NCCCOC(C)c1ccccc1. The first-order valence-corrected chi connectivity index (χ1v) is 9.41. The van der Waals surface area contributed by atoms with Crippen LogP contribution in [0.25, 0.3) is 0 Å². The number of rotatable bonds is 10. The van der Waals surface area contributed by atoms with Gasteiger partial charge in [-0.25, -0.2) is 9.98 Å². The van der Waals surface area contributed by atoms with Crippen LogP contribution in [0, 0.1) is 0 Å². The fraction of sp³-hybridized carbons (Fsp3) is 0.429. The number of aromatic nitrogens is 1. The summed E-state index contributed by atoms with van der Waals surface area (Å²) in [5, 5.41) is 6.58. The minimum Gasteiger partial charge on any atom is -0.481 e. The highest BCUT2D eigenvalue weighted by Gasteiger charge is 2.04. The molecule has 1 aromatic carbocycles. The van der Waals surface area contributed by atoms with E-state index in [1.807, 2.05) is 43.3 Å². The van der Waals surface area contributed by atoms with E-state index in [0.717, 1.165) is 31.2 Å². The highest BCUT2D eigenvalue weighted by atomic mass is 16.5. The minimum absolute atomic E-state index is 0.104. The van der Waals surface area contributed by atoms with Gasteiger partial charge < -0.3 is 20.1 Å². The third-order valence-electron chi connectivity index (χ3n) is 3.98. The van der Waals surface area contributed by atoms with E-state index in [9.17, 15) is 0 Å². The molecule has 0 saturated carbocycles. The lowest BCUT2D eigenvalue weighted by Crippen LogP contribution is -2.38. The summed E-state index contributed by atoms with van der Waals surface area (Å²) in [6, 6.07) is 15.9. The summed E-state index contributed by atoms with van der Waals surface area (Å²) in [5.74, 6) is 1.38. The van der Waals surface area contributed by atoms with Crippen LogP contribution >= 0.6 is 0 Å². The van der Waals surface area contributed by atoms with E-state index in [1.165, 1.54) is 5.56 Å². The van der Waals surface area contributed by atoms with Crippen molar-refractivity contribution in [2.45, 2.75) is 32.9 Å². The first-order valence-electron chi connectivity index (χ1n) is 9.41. The van der Waals surface area contributed by atoms with Gasteiger partial charge in [-0.1, -0.05) is 36.4 Å². The van der Waals surface area contributed by atoms with Crippen molar-refractivity contribution in [1.29, 1.82) is 0 Å². The molecule has 0 aliphatic carbocycles. The Morgan fingerprint density at radius 2 is 1.93 bits per heavy atom. The molecular formula is C21H30N4O2. The van der Waals surface area contributed by atoms with E-state index >= 15 is 0 Å². The van der Waals surface area contributed by atoms with Gasteiger partial charge in [0.2, 0.25) is 5.88 Å². The molecule has 2 rings (SSSR count). The molecule has 0 aliphatic rings. The van der Waals surface area contributed by atoms with Crippen LogP contribution in [0.3, 0.4) is 0 Å². The number of aliphatic imine (C=N–C) groups is 1. The fourth-order valence-electron chi connectivity index (χ4n) is 2.52. The number of nitrogens with one attached hydrogen (secondary N) is 2. The molecule has 1 atom stereocenters. The summed E-state index contributed by atoms with van der Waals surface area (Å²) in [6.45, 7) is 6.91. The topological polar surface area (TPSA) is 67.8 Å². The van der Waals surface area contributed by atoms with Gasteiger partial charge in [-0.15, -0.1) is 0 Å².